The van der Waals surface area contributed by atoms with Crippen LogP contribution in [0.3, 0.4) is 0 Å². The van der Waals surface area contributed by atoms with Gasteiger partial charge >= 0.3 is 27.6 Å². The summed E-state index contributed by atoms with van der Waals surface area (Å²) in [5, 5.41) is 3.81. The molecule has 0 unspecified atom stereocenters. The van der Waals surface area contributed by atoms with E-state index in [4.69, 9.17) is 4.74 Å². The van der Waals surface area contributed by atoms with Gasteiger partial charge in [0.05, 0.1) is 7.11 Å². The van der Waals surface area contributed by atoms with E-state index in [9.17, 15) is 31.2 Å². The van der Waals surface area contributed by atoms with Crippen molar-refractivity contribution in [3.8, 4) is 5.75 Å². The van der Waals surface area contributed by atoms with Crippen LogP contribution in [0.2, 0.25) is 0 Å². The zero-order valence-corrected chi connectivity index (χ0v) is 16.8. The molecule has 2 rings (SSSR count). The number of carbonyl (C=O) groups excluding carboxylic acids is 2. The van der Waals surface area contributed by atoms with Gasteiger partial charge in [-0.05, 0) is 33.3 Å². The molecule has 0 aliphatic carbocycles. The Hall–Kier alpha value is -2.83. The van der Waals surface area contributed by atoms with Crippen molar-refractivity contribution in [2.24, 2.45) is 0 Å². The number of alkyl halides is 3. The third-order valence-corrected chi connectivity index (χ3v) is 4.33. The van der Waals surface area contributed by atoms with Crippen molar-refractivity contribution in [3.63, 3.8) is 0 Å². The second-order valence-electron chi connectivity index (χ2n) is 6.85. The molecule has 160 valence electrons. The lowest BCUT2D eigenvalue weighted by Crippen LogP contribution is -2.30. The van der Waals surface area contributed by atoms with Crippen LogP contribution in [-0.4, -0.2) is 48.2 Å². The van der Waals surface area contributed by atoms with Crippen LogP contribution in [-0.2, 0) is 19.6 Å². The maximum atomic E-state index is 12.9. The molecule has 0 spiro atoms. The first-order valence-electron chi connectivity index (χ1n) is 7.93. The minimum Gasteiger partial charge on any atom is -0.464 e. The summed E-state index contributed by atoms with van der Waals surface area (Å²) in [5.74, 6) is -3.03. The van der Waals surface area contributed by atoms with Gasteiger partial charge in [0, 0.05) is 12.3 Å². The number of hydrogen-bond donors (Lipinski definition) is 0. The van der Waals surface area contributed by atoms with Crippen molar-refractivity contribution in [2.45, 2.75) is 38.8 Å². The smallest absolute Gasteiger partial charge is 0.464 e. The predicted octanol–water partition coefficient (Wildman–Crippen LogP) is 2.61. The van der Waals surface area contributed by atoms with Gasteiger partial charge < -0.3 is 13.7 Å². The highest BCUT2D eigenvalue weighted by atomic mass is 32.2. The summed E-state index contributed by atoms with van der Waals surface area (Å²) in [6.07, 6.45) is 1.20. The molecule has 0 radical (unpaired) electrons. The molecule has 0 aromatic carbocycles. The molecular weight excluding hydrogens is 421 g/mol. The summed E-state index contributed by atoms with van der Waals surface area (Å²) in [6, 6.07) is 0.931. The number of hydrogen-bond acceptors (Lipinski definition) is 8. The van der Waals surface area contributed by atoms with Crippen molar-refractivity contribution < 1.29 is 44.8 Å². The number of rotatable bonds is 4. The number of nitrogens with zero attached hydrogens (tertiary/aromatic N) is 2. The standard InChI is InChI=1S/C16H17F3N2O7S/c1-8-7-21-10(6-9(20-21)13(22)26-5)12(28-29(24,25)16(17,18)19)11(8)14(23)27-15(2,3)4/h6-7H,1-5H3. The van der Waals surface area contributed by atoms with E-state index in [1.54, 1.807) is 0 Å². The van der Waals surface area contributed by atoms with Crippen LogP contribution in [0.1, 0.15) is 47.2 Å². The second kappa shape index (κ2) is 7.21. The lowest BCUT2D eigenvalue weighted by atomic mass is 10.1. The number of methoxy groups -OCH3 is 1. The van der Waals surface area contributed by atoms with Gasteiger partial charge in [0.15, 0.2) is 11.4 Å². The monoisotopic (exact) mass is 438 g/mol. The molecule has 0 saturated carbocycles. The van der Waals surface area contributed by atoms with E-state index in [0.29, 0.717) is 0 Å². The van der Waals surface area contributed by atoms with E-state index in [1.807, 2.05) is 0 Å². The van der Waals surface area contributed by atoms with E-state index in [2.05, 4.69) is 14.0 Å². The van der Waals surface area contributed by atoms with Gasteiger partial charge in [-0.2, -0.15) is 26.7 Å². The molecule has 0 bridgehead atoms. The number of carbonyl (C=O) groups is 2. The Balaban J connectivity index is 2.82. The number of halogens is 3. The van der Waals surface area contributed by atoms with Crippen molar-refractivity contribution in [2.75, 3.05) is 7.11 Å². The topological polar surface area (TPSA) is 113 Å². The zero-order valence-electron chi connectivity index (χ0n) is 15.9. The first kappa shape index (κ1) is 22.5. The van der Waals surface area contributed by atoms with Crippen LogP contribution < -0.4 is 4.18 Å². The zero-order chi connectivity index (χ0) is 22.4. The molecule has 0 atom stereocenters. The normalized spacial score (nSPS) is 12.7. The third-order valence-electron chi connectivity index (χ3n) is 3.38. The van der Waals surface area contributed by atoms with Crippen molar-refractivity contribution in [1.29, 1.82) is 0 Å². The Morgan fingerprint density at radius 3 is 2.21 bits per heavy atom. The molecule has 13 heteroatoms. The third kappa shape index (κ3) is 4.60. The maximum absolute atomic E-state index is 12.9. The van der Waals surface area contributed by atoms with Crippen LogP contribution in [0.5, 0.6) is 5.75 Å². The molecule has 0 fully saturated rings. The summed E-state index contributed by atoms with van der Waals surface area (Å²) >= 11 is 0. The maximum Gasteiger partial charge on any atom is 0.534 e. The number of aryl methyl sites for hydroxylation is 1. The van der Waals surface area contributed by atoms with Crippen LogP contribution in [0.15, 0.2) is 12.3 Å². The number of aromatic nitrogens is 2. The Kier molecular flexibility index (Phi) is 5.58. The minimum absolute atomic E-state index is 0.00126. The quantitative estimate of drug-likeness (QED) is 0.407. The lowest BCUT2D eigenvalue weighted by Gasteiger charge is -2.21. The van der Waals surface area contributed by atoms with Gasteiger partial charge in [-0.1, -0.05) is 0 Å². The molecule has 9 nitrogen and oxygen atoms in total. The first-order chi connectivity index (χ1) is 13.1. The SMILES string of the molecule is COC(=O)c1cc2c(OS(=O)(=O)C(F)(F)F)c(C(=O)OC(C)(C)C)c(C)cn2n1. The Morgan fingerprint density at radius 1 is 1.14 bits per heavy atom. The van der Waals surface area contributed by atoms with E-state index in [-0.39, 0.29) is 16.8 Å². The van der Waals surface area contributed by atoms with Gasteiger partial charge in [0.1, 0.15) is 16.7 Å². The summed E-state index contributed by atoms with van der Waals surface area (Å²) < 4.78 is 76.7. The average molecular weight is 438 g/mol. The van der Waals surface area contributed by atoms with Gasteiger partial charge in [-0.15, -0.1) is 0 Å². The Labute approximate surface area is 163 Å². The van der Waals surface area contributed by atoms with Crippen LogP contribution >= 0.6 is 0 Å². The van der Waals surface area contributed by atoms with E-state index in [1.165, 1.54) is 33.9 Å². The fourth-order valence-corrected chi connectivity index (χ4v) is 2.73. The molecule has 0 saturated heterocycles. The fraction of sp³-hybridized carbons (Fsp3) is 0.438. The molecule has 0 aliphatic heterocycles. The minimum atomic E-state index is -6.14. The lowest BCUT2D eigenvalue weighted by molar-refractivity contribution is -0.0500. The highest BCUT2D eigenvalue weighted by Crippen LogP contribution is 2.35. The molecule has 0 N–H and O–H groups in total. The highest BCUT2D eigenvalue weighted by Gasteiger charge is 2.49. The van der Waals surface area contributed by atoms with Crippen LogP contribution in [0.4, 0.5) is 13.2 Å². The number of esters is 2. The van der Waals surface area contributed by atoms with Gasteiger partial charge in [-0.3, -0.25) is 0 Å². The molecule has 0 amide bonds. The second-order valence-corrected chi connectivity index (χ2v) is 8.39. The van der Waals surface area contributed by atoms with Crippen LogP contribution in [0, 0.1) is 6.92 Å². The van der Waals surface area contributed by atoms with Gasteiger partial charge in [-0.25, -0.2) is 14.1 Å². The predicted molar refractivity (Wildman–Crippen MR) is 92.0 cm³/mol. The first-order valence-corrected chi connectivity index (χ1v) is 9.33. The van der Waals surface area contributed by atoms with E-state index >= 15 is 0 Å². The van der Waals surface area contributed by atoms with Gasteiger partial charge in [0.25, 0.3) is 0 Å². The van der Waals surface area contributed by atoms with Crippen molar-refractivity contribution in [3.05, 3.63) is 29.1 Å². The van der Waals surface area contributed by atoms with E-state index < -0.39 is 44.5 Å². The summed E-state index contributed by atoms with van der Waals surface area (Å²) in [7, 11) is -5.09. The molecule has 29 heavy (non-hydrogen) atoms. The summed E-state index contributed by atoms with van der Waals surface area (Å²) in [4.78, 5) is 24.3. The van der Waals surface area contributed by atoms with Crippen molar-refractivity contribution >= 4 is 27.6 Å². The molecule has 2 heterocycles. The highest BCUT2D eigenvalue weighted by molar-refractivity contribution is 7.88. The fourth-order valence-electron chi connectivity index (χ4n) is 2.25. The number of fused-ring (bicyclic) bond motifs is 1. The van der Waals surface area contributed by atoms with E-state index in [0.717, 1.165) is 17.7 Å². The molecule has 2 aromatic rings. The van der Waals surface area contributed by atoms with Gasteiger partial charge in [0.2, 0.25) is 0 Å². The van der Waals surface area contributed by atoms with Crippen LogP contribution in [0.25, 0.3) is 5.52 Å². The molecule has 2 aromatic heterocycles. The van der Waals surface area contributed by atoms with Crippen molar-refractivity contribution in [1.82, 2.24) is 9.61 Å². The summed E-state index contributed by atoms with van der Waals surface area (Å²) in [6.45, 7) is 5.85. The Bertz CT molecular complexity index is 1080. The molecular formula is C16H17F3N2O7S. The Morgan fingerprint density at radius 2 is 1.72 bits per heavy atom. The molecule has 0 aliphatic rings. The largest absolute Gasteiger partial charge is 0.534 e. The number of ether oxygens (including phenoxy) is 2. The average Bonchev–Trinajstić information content (AvgIpc) is 2.94. The number of pyridine rings is 1. The summed E-state index contributed by atoms with van der Waals surface area (Å²) in [5.41, 5.74) is -8.08.